The summed E-state index contributed by atoms with van der Waals surface area (Å²) in [6.07, 6.45) is 7.52. The molecule has 5 nitrogen and oxygen atoms in total. The van der Waals surface area contributed by atoms with E-state index in [4.69, 9.17) is 14.0 Å². The van der Waals surface area contributed by atoms with Crippen molar-refractivity contribution in [2.24, 2.45) is 0 Å². The van der Waals surface area contributed by atoms with Crippen molar-refractivity contribution in [2.45, 2.75) is 77.4 Å². The van der Waals surface area contributed by atoms with Crippen LogP contribution in [0.4, 0.5) is 0 Å². The number of hydrogen-bond acceptors (Lipinski definition) is 4. The summed E-state index contributed by atoms with van der Waals surface area (Å²) in [5.74, 6) is 0.695. The van der Waals surface area contributed by atoms with Crippen LogP contribution in [-0.2, 0) is 21.3 Å². The topological polar surface area (TPSA) is 72.8 Å². The Labute approximate surface area is 146 Å². The van der Waals surface area contributed by atoms with Crippen LogP contribution in [0.1, 0.15) is 64.9 Å². The van der Waals surface area contributed by atoms with E-state index >= 15 is 0 Å². The normalized spacial score (nSPS) is 14.3. The highest BCUT2D eigenvalue weighted by Crippen LogP contribution is 2.23. The molecule has 1 aromatic rings. The molecule has 0 bridgehead atoms. The van der Waals surface area contributed by atoms with E-state index in [1.54, 1.807) is 6.92 Å². The fraction of sp³-hybridized carbons (Fsp3) is 0.667. The minimum Gasteiger partial charge on any atom is -0.465 e. The van der Waals surface area contributed by atoms with Gasteiger partial charge in [0, 0.05) is 0 Å². The highest BCUT2D eigenvalue weighted by molar-refractivity contribution is 7.86. The minimum atomic E-state index is -4.23. The summed E-state index contributed by atoms with van der Waals surface area (Å²) in [6, 6.07) is 7.70. The third-order valence-electron chi connectivity index (χ3n) is 3.87. The first-order chi connectivity index (χ1) is 11.3. The first-order valence-corrected chi connectivity index (χ1v) is 10.2. The van der Waals surface area contributed by atoms with Gasteiger partial charge in [-0.2, -0.15) is 8.42 Å². The molecule has 1 N–H and O–H groups in total. The number of ether oxygens (including phenoxy) is 2. The number of rotatable bonds is 12. The Kier molecular flexibility index (Phi) is 9.33. The van der Waals surface area contributed by atoms with Crippen molar-refractivity contribution >= 4 is 10.1 Å². The van der Waals surface area contributed by atoms with Crippen LogP contribution in [0.2, 0.25) is 0 Å². The van der Waals surface area contributed by atoms with Crippen molar-refractivity contribution in [3.05, 3.63) is 29.8 Å². The van der Waals surface area contributed by atoms with Gasteiger partial charge in [-0.25, -0.2) is 0 Å². The molecule has 0 aromatic heterocycles. The average Bonchev–Trinajstić information content (AvgIpc) is 2.51. The zero-order valence-corrected chi connectivity index (χ0v) is 15.7. The maximum atomic E-state index is 11.0. The standard InChI is InChI=1S/C18H30O5S/c1-4-5-6-7-8-9-12-17-13-10-11-14-18(17)23-15(2)22-16(3)24(19,20)21/h10-11,13-16H,4-9,12H2,1-3H3,(H,19,20,21). The summed E-state index contributed by atoms with van der Waals surface area (Å²) in [7, 11) is -4.23. The lowest BCUT2D eigenvalue weighted by atomic mass is 10.0. The Morgan fingerprint density at radius 3 is 2.33 bits per heavy atom. The van der Waals surface area contributed by atoms with E-state index in [9.17, 15) is 8.42 Å². The highest BCUT2D eigenvalue weighted by atomic mass is 32.2. The van der Waals surface area contributed by atoms with E-state index in [1.165, 1.54) is 39.0 Å². The van der Waals surface area contributed by atoms with E-state index in [0.717, 1.165) is 18.4 Å². The second kappa shape index (κ2) is 10.7. The summed E-state index contributed by atoms with van der Waals surface area (Å²) >= 11 is 0. The van der Waals surface area contributed by atoms with Gasteiger partial charge in [0.25, 0.3) is 10.1 Å². The predicted octanol–water partition coefficient (Wildman–Crippen LogP) is 4.56. The van der Waals surface area contributed by atoms with Crippen LogP contribution in [0, 0.1) is 0 Å². The van der Waals surface area contributed by atoms with Crippen molar-refractivity contribution in [3.8, 4) is 5.75 Å². The molecule has 1 aromatic carbocycles. The van der Waals surface area contributed by atoms with Crippen LogP contribution in [0.5, 0.6) is 5.75 Å². The second-order valence-electron chi connectivity index (χ2n) is 6.03. The van der Waals surface area contributed by atoms with Gasteiger partial charge in [0.2, 0.25) is 0 Å². The lowest BCUT2D eigenvalue weighted by Gasteiger charge is -2.20. The first kappa shape index (κ1) is 20.9. The zero-order valence-electron chi connectivity index (χ0n) is 14.9. The highest BCUT2D eigenvalue weighted by Gasteiger charge is 2.21. The van der Waals surface area contributed by atoms with Crippen LogP contribution < -0.4 is 4.74 Å². The van der Waals surface area contributed by atoms with Gasteiger partial charge in [-0.1, -0.05) is 57.2 Å². The SMILES string of the molecule is CCCCCCCCc1ccccc1OC(C)OC(C)S(=O)(=O)O. The molecule has 0 saturated carbocycles. The van der Waals surface area contributed by atoms with Gasteiger partial charge >= 0.3 is 0 Å². The van der Waals surface area contributed by atoms with Crippen molar-refractivity contribution < 1.29 is 22.4 Å². The summed E-state index contributed by atoms with van der Waals surface area (Å²) in [5, 5.41) is 0. The molecule has 0 amide bonds. The van der Waals surface area contributed by atoms with E-state index in [1.807, 2.05) is 24.3 Å². The lowest BCUT2D eigenvalue weighted by molar-refractivity contribution is -0.0782. The van der Waals surface area contributed by atoms with Crippen molar-refractivity contribution in [2.75, 3.05) is 0 Å². The Morgan fingerprint density at radius 2 is 1.67 bits per heavy atom. The van der Waals surface area contributed by atoms with Crippen LogP contribution in [-0.4, -0.2) is 24.7 Å². The van der Waals surface area contributed by atoms with Gasteiger partial charge in [-0.15, -0.1) is 0 Å². The number of unbranched alkanes of at least 4 members (excludes halogenated alkanes) is 5. The molecule has 0 aliphatic heterocycles. The van der Waals surface area contributed by atoms with Crippen LogP contribution in [0.15, 0.2) is 24.3 Å². The fourth-order valence-electron chi connectivity index (χ4n) is 2.47. The second-order valence-corrected chi connectivity index (χ2v) is 7.72. The molecular formula is C18H30O5S. The number of benzene rings is 1. The smallest absolute Gasteiger partial charge is 0.292 e. The van der Waals surface area contributed by atoms with E-state index < -0.39 is 21.8 Å². The minimum absolute atomic E-state index is 0.695. The van der Waals surface area contributed by atoms with Gasteiger partial charge in [0.15, 0.2) is 11.7 Å². The Morgan fingerprint density at radius 1 is 1.04 bits per heavy atom. The first-order valence-electron chi connectivity index (χ1n) is 8.71. The largest absolute Gasteiger partial charge is 0.465 e. The van der Waals surface area contributed by atoms with Crippen LogP contribution >= 0.6 is 0 Å². The van der Waals surface area contributed by atoms with Crippen LogP contribution in [0.3, 0.4) is 0 Å². The molecule has 0 heterocycles. The molecule has 1 rings (SSSR count). The van der Waals surface area contributed by atoms with Crippen molar-refractivity contribution in [3.63, 3.8) is 0 Å². The average molecular weight is 359 g/mol. The summed E-state index contributed by atoms with van der Waals surface area (Å²) in [5.41, 5.74) is -0.235. The predicted molar refractivity (Wildman–Crippen MR) is 95.7 cm³/mol. The van der Waals surface area contributed by atoms with Gasteiger partial charge in [-0.05, 0) is 38.3 Å². The summed E-state index contributed by atoms with van der Waals surface area (Å²) in [4.78, 5) is 0. The Hall–Kier alpha value is -1.11. The molecule has 0 aliphatic rings. The maximum Gasteiger partial charge on any atom is 0.292 e. The molecule has 0 aliphatic carbocycles. The summed E-state index contributed by atoms with van der Waals surface area (Å²) < 4.78 is 41.9. The van der Waals surface area contributed by atoms with Gasteiger partial charge in [0.05, 0.1) is 0 Å². The van der Waals surface area contributed by atoms with Crippen LogP contribution in [0.25, 0.3) is 0 Å². The number of hydrogen-bond donors (Lipinski definition) is 1. The van der Waals surface area contributed by atoms with Crippen molar-refractivity contribution in [1.82, 2.24) is 0 Å². The quantitative estimate of drug-likeness (QED) is 0.337. The molecule has 6 heteroatoms. The Bertz CT molecular complexity index is 571. The molecule has 0 fully saturated rings. The fourth-order valence-corrected chi connectivity index (χ4v) is 2.76. The maximum absolute atomic E-state index is 11.0. The van der Waals surface area contributed by atoms with Gasteiger partial charge in [-0.3, -0.25) is 4.55 Å². The molecule has 138 valence electrons. The molecule has 0 saturated heterocycles. The molecule has 0 radical (unpaired) electrons. The number of para-hydroxylation sites is 1. The summed E-state index contributed by atoms with van der Waals surface area (Å²) in [6.45, 7) is 5.10. The Balaban J connectivity index is 2.50. The van der Waals surface area contributed by atoms with Crippen molar-refractivity contribution in [1.29, 1.82) is 0 Å². The molecule has 24 heavy (non-hydrogen) atoms. The van der Waals surface area contributed by atoms with Gasteiger partial charge < -0.3 is 9.47 Å². The lowest BCUT2D eigenvalue weighted by Crippen LogP contribution is -2.28. The zero-order chi connectivity index (χ0) is 18.0. The molecule has 0 spiro atoms. The van der Waals surface area contributed by atoms with Gasteiger partial charge in [0.1, 0.15) is 5.75 Å². The van der Waals surface area contributed by atoms with E-state index in [-0.39, 0.29) is 0 Å². The van der Waals surface area contributed by atoms with E-state index in [0.29, 0.717) is 5.75 Å². The van der Waals surface area contributed by atoms with E-state index in [2.05, 4.69) is 6.92 Å². The third kappa shape index (κ3) is 8.13. The number of aryl methyl sites for hydroxylation is 1. The molecule has 2 atom stereocenters. The monoisotopic (exact) mass is 358 g/mol. The molecule has 2 unspecified atom stereocenters. The molecular weight excluding hydrogens is 328 g/mol. The third-order valence-corrected chi connectivity index (χ3v) is 4.82.